The zero-order valence-electron chi connectivity index (χ0n) is 10.5. The van der Waals surface area contributed by atoms with Crippen LogP contribution < -0.4 is 0 Å². The molecule has 0 radical (unpaired) electrons. The molecule has 0 N–H and O–H groups in total. The summed E-state index contributed by atoms with van der Waals surface area (Å²) in [6.45, 7) is 10.7. The molecule has 0 amide bonds. The summed E-state index contributed by atoms with van der Waals surface area (Å²) in [5.41, 5.74) is 3.98. The standard InChI is InChI=1S/C14H21N/c1-6-12-9-7-8-11(2)13(12)10-15-14(3,4)5/h7-10H,6H2,1-5H3. The number of rotatable bonds is 2. The van der Waals surface area contributed by atoms with E-state index in [1.807, 2.05) is 6.21 Å². The molecule has 0 aliphatic rings. The minimum Gasteiger partial charge on any atom is -0.287 e. The molecule has 0 fully saturated rings. The van der Waals surface area contributed by atoms with Gasteiger partial charge in [-0.25, -0.2) is 0 Å². The monoisotopic (exact) mass is 203 g/mol. The van der Waals surface area contributed by atoms with Gasteiger partial charge < -0.3 is 0 Å². The van der Waals surface area contributed by atoms with Gasteiger partial charge in [0.05, 0.1) is 5.54 Å². The van der Waals surface area contributed by atoms with E-state index in [1.54, 1.807) is 0 Å². The van der Waals surface area contributed by atoms with Crippen LogP contribution in [0.15, 0.2) is 23.2 Å². The summed E-state index contributed by atoms with van der Waals surface area (Å²) >= 11 is 0. The molecule has 0 aliphatic carbocycles. The average Bonchev–Trinajstić information content (AvgIpc) is 2.14. The lowest BCUT2D eigenvalue weighted by Gasteiger charge is -2.13. The van der Waals surface area contributed by atoms with E-state index in [1.165, 1.54) is 16.7 Å². The van der Waals surface area contributed by atoms with Gasteiger partial charge in [0.2, 0.25) is 0 Å². The highest BCUT2D eigenvalue weighted by Crippen LogP contribution is 2.14. The summed E-state index contributed by atoms with van der Waals surface area (Å²) in [5.74, 6) is 0. The van der Waals surface area contributed by atoms with E-state index < -0.39 is 0 Å². The zero-order valence-corrected chi connectivity index (χ0v) is 10.5. The lowest BCUT2D eigenvalue weighted by atomic mass is 10.0. The third-order valence-electron chi connectivity index (χ3n) is 2.38. The molecule has 0 spiro atoms. The van der Waals surface area contributed by atoms with Crippen molar-refractivity contribution in [2.75, 3.05) is 0 Å². The van der Waals surface area contributed by atoms with Gasteiger partial charge in [-0.2, -0.15) is 0 Å². The quantitative estimate of drug-likeness (QED) is 0.649. The molecular formula is C14H21N. The van der Waals surface area contributed by atoms with Crippen LogP contribution in [-0.4, -0.2) is 11.8 Å². The zero-order chi connectivity index (χ0) is 11.5. The molecule has 0 saturated heterocycles. The smallest absolute Gasteiger partial charge is 0.0524 e. The molecule has 0 saturated carbocycles. The number of hydrogen-bond acceptors (Lipinski definition) is 1. The Bertz CT molecular complexity index is 356. The fourth-order valence-corrected chi connectivity index (χ4v) is 1.49. The molecule has 1 aromatic rings. The van der Waals surface area contributed by atoms with Crippen molar-refractivity contribution >= 4 is 6.21 Å². The highest BCUT2D eigenvalue weighted by molar-refractivity contribution is 5.84. The van der Waals surface area contributed by atoms with Gasteiger partial charge in [-0.05, 0) is 50.8 Å². The van der Waals surface area contributed by atoms with E-state index >= 15 is 0 Å². The van der Waals surface area contributed by atoms with Crippen molar-refractivity contribution in [1.82, 2.24) is 0 Å². The van der Waals surface area contributed by atoms with E-state index in [2.05, 4.69) is 57.8 Å². The number of hydrogen-bond donors (Lipinski definition) is 0. The molecule has 0 unspecified atom stereocenters. The molecule has 0 heterocycles. The highest BCUT2D eigenvalue weighted by atomic mass is 14.8. The van der Waals surface area contributed by atoms with Gasteiger partial charge in [0.15, 0.2) is 0 Å². The first kappa shape index (κ1) is 12.0. The first-order valence-electron chi connectivity index (χ1n) is 5.58. The van der Waals surface area contributed by atoms with E-state index in [9.17, 15) is 0 Å². The van der Waals surface area contributed by atoms with Crippen molar-refractivity contribution in [3.05, 3.63) is 34.9 Å². The Labute approximate surface area is 93.2 Å². The predicted octanol–water partition coefficient (Wildman–Crippen LogP) is 3.77. The fourth-order valence-electron chi connectivity index (χ4n) is 1.49. The molecule has 15 heavy (non-hydrogen) atoms. The van der Waals surface area contributed by atoms with Crippen LogP contribution >= 0.6 is 0 Å². The average molecular weight is 203 g/mol. The summed E-state index contributed by atoms with van der Waals surface area (Å²) in [4.78, 5) is 4.57. The van der Waals surface area contributed by atoms with E-state index in [-0.39, 0.29) is 5.54 Å². The molecule has 1 nitrogen and oxygen atoms in total. The number of nitrogens with zero attached hydrogens (tertiary/aromatic N) is 1. The van der Waals surface area contributed by atoms with Crippen LogP contribution in [0.25, 0.3) is 0 Å². The van der Waals surface area contributed by atoms with Gasteiger partial charge in [-0.1, -0.05) is 25.1 Å². The summed E-state index contributed by atoms with van der Waals surface area (Å²) < 4.78 is 0. The highest BCUT2D eigenvalue weighted by Gasteiger charge is 2.06. The number of benzene rings is 1. The van der Waals surface area contributed by atoms with Crippen LogP contribution in [0.5, 0.6) is 0 Å². The van der Waals surface area contributed by atoms with Gasteiger partial charge in [-0.3, -0.25) is 4.99 Å². The minimum absolute atomic E-state index is 0.00723. The Kier molecular flexibility index (Phi) is 3.67. The van der Waals surface area contributed by atoms with Gasteiger partial charge in [0.25, 0.3) is 0 Å². The van der Waals surface area contributed by atoms with Gasteiger partial charge in [0, 0.05) is 6.21 Å². The minimum atomic E-state index is 0.00723. The first-order chi connectivity index (χ1) is 6.94. The fraction of sp³-hybridized carbons (Fsp3) is 0.500. The Hall–Kier alpha value is -1.11. The Morgan fingerprint density at radius 1 is 1.27 bits per heavy atom. The van der Waals surface area contributed by atoms with Crippen molar-refractivity contribution < 1.29 is 0 Å². The summed E-state index contributed by atoms with van der Waals surface area (Å²) in [6, 6.07) is 6.43. The van der Waals surface area contributed by atoms with Crippen molar-refractivity contribution in [2.24, 2.45) is 4.99 Å². The van der Waals surface area contributed by atoms with Gasteiger partial charge in [-0.15, -0.1) is 0 Å². The second kappa shape index (κ2) is 4.61. The molecular weight excluding hydrogens is 182 g/mol. The van der Waals surface area contributed by atoms with E-state index in [0.29, 0.717) is 0 Å². The lowest BCUT2D eigenvalue weighted by molar-refractivity contribution is 0.586. The SMILES string of the molecule is CCc1cccc(C)c1C=NC(C)(C)C. The predicted molar refractivity (Wildman–Crippen MR) is 67.9 cm³/mol. The maximum atomic E-state index is 4.57. The van der Waals surface area contributed by atoms with Crippen LogP contribution in [0, 0.1) is 6.92 Å². The molecule has 82 valence electrons. The van der Waals surface area contributed by atoms with E-state index in [4.69, 9.17) is 0 Å². The Morgan fingerprint density at radius 3 is 2.47 bits per heavy atom. The van der Waals surface area contributed by atoms with Crippen LogP contribution in [-0.2, 0) is 6.42 Å². The van der Waals surface area contributed by atoms with Crippen molar-refractivity contribution in [1.29, 1.82) is 0 Å². The van der Waals surface area contributed by atoms with Crippen LogP contribution in [0.2, 0.25) is 0 Å². The van der Waals surface area contributed by atoms with Gasteiger partial charge in [0.1, 0.15) is 0 Å². The summed E-state index contributed by atoms with van der Waals surface area (Å²) in [6.07, 6.45) is 3.08. The normalized spacial score (nSPS) is 12.3. The number of aryl methyl sites for hydroxylation is 2. The lowest BCUT2D eigenvalue weighted by Crippen LogP contribution is -2.10. The van der Waals surface area contributed by atoms with Crippen molar-refractivity contribution in [2.45, 2.75) is 46.6 Å². The maximum Gasteiger partial charge on any atom is 0.0524 e. The van der Waals surface area contributed by atoms with Crippen molar-refractivity contribution in [3.63, 3.8) is 0 Å². The third kappa shape index (κ3) is 3.50. The van der Waals surface area contributed by atoms with Crippen LogP contribution in [0.3, 0.4) is 0 Å². The van der Waals surface area contributed by atoms with Crippen molar-refractivity contribution in [3.8, 4) is 0 Å². The topological polar surface area (TPSA) is 12.4 Å². The molecule has 0 aromatic heterocycles. The third-order valence-corrected chi connectivity index (χ3v) is 2.38. The summed E-state index contributed by atoms with van der Waals surface area (Å²) in [5, 5.41) is 0. The van der Waals surface area contributed by atoms with Crippen LogP contribution in [0.4, 0.5) is 0 Å². The largest absolute Gasteiger partial charge is 0.287 e. The molecule has 1 rings (SSSR count). The second-order valence-electron chi connectivity index (χ2n) is 4.93. The van der Waals surface area contributed by atoms with Gasteiger partial charge >= 0.3 is 0 Å². The van der Waals surface area contributed by atoms with Crippen LogP contribution in [0.1, 0.15) is 44.4 Å². The summed E-state index contributed by atoms with van der Waals surface area (Å²) in [7, 11) is 0. The Morgan fingerprint density at radius 2 is 1.93 bits per heavy atom. The molecule has 0 atom stereocenters. The van der Waals surface area contributed by atoms with E-state index in [0.717, 1.165) is 6.42 Å². The Balaban J connectivity index is 3.08. The molecule has 1 heteroatoms. The molecule has 1 aromatic carbocycles. The molecule has 0 bridgehead atoms. The maximum absolute atomic E-state index is 4.57. The second-order valence-corrected chi connectivity index (χ2v) is 4.93. The molecule has 0 aliphatic heterocycles. The first-order valence-corrected chi connectivity index (χ1v) is 5.58. The number of aliphatic imine (C=N–C) groups is 1.